The predicted octanol–water partition coefficient (Wildman–Crippen LogP) is 3.94. The molecule has 21 heavy (non-hydrogen) atoms. The van der Waals surface area contributed by atoms with Crippen molar-refractivity contribution < 1.29 is 13.6 Å². The molecule has 2 aromatic heterocycles. The Labute approximate surface area is 128 Å². The molecule has 0 saturated heterocycles. The normalized spacial score (nSPS) is 11.8. The number of hydrogen-bond donors (Lipinski definition) is 1. The van der Waals surface area contributed by atoms with Gasteiger partial charge in [0, 0.05) is 5.39 Å². The molecule has 0 bridgehead atoms. The monoisotopic (exact) mass is 346 g/mol. The molecule has 0 atom stereocenters. The molecule has 106 valence electrons. The highest BCUT2D eigenvalue weighted by molar-refractivity contribution is 9.10. The average Bonchev–Trinajstić information content (AvgIpc) is 3.10. The van der Waals surface area contributed by atoms with Crippen LogP contribution in [0.4, 0.5) is 0 Å². The standard InChI is InChI=1S/C15H11BrN2O3/c1-9(13-8-10-4-2-3-5-11(10)20-13)17-18-15(19)12-6-7-14(16)21-12/h2-8H,1H3,(H,18,19)/b17-9+. The number of hydrogen-bond acceptors (Lipinski definition) is 4. The van der Waals surface area contributed by atoms with Crippen molar-refractivity contribution in [1.82, 2.24) is 5.43 Å². The number of furan rings is 2. The van der Waals surface area contributed by atoms with Crippen molar-refractivity contribution in [2.24, 2.45) is 5.10 Å². The summed E-state index contributed by atoms with van der Waals surface area (Å²) in [6.07, 6.45) is 0. The van der Waals surface area contributed by atoms with Crippen molar-refractivity contribution in [2.75, 3.05) is 0 Å². The van der Waals surface area contributed by atoms with Gasteiger partial charge in [-0.05, 0) is 47.1 Å². The van der Waals surface area contributed by atoms with Crippen molar-refractivity contribution in [3.05, 3.63) is 58.7 Å². The number of carbonyl (C=O) groups excluding carboxylic acids is 1. The second kappa shape index (κ2) is 5.57. The fourth-order valence-electron chi connectivity index (χ4n) is 1.84. The highest BCUT2D eigenvalue weighted by atomic mass is 79.9. The van der Waals surface area contributed by atoms with Crippen molar-refractivity contribution in [3.63, 3.8) is 0 Å². The minimum Gasteiger partial charge on any atom is -0.455 e. The van der Waals surface area contributed by atoms with Crippen LogP contribution in [0.3, 0.4) is 0 Å². The molecule has 3 aromatic rings. The number of hydrazone groups is 1. The first-order valence-electron chi connectivity index (χ1n) is 6.22. The van der Waals surface area contributed by atoms with Crippen molar-refractivity contribution in [1.29, 1.82) is 0 Å². The number of carbonyl (C=O) groups is 1. The van der Waals surface area contributed by atoms with Crippen LogP contribution in [0.1, 0.15) is 23.2 Å². The Morgan fingerprint density at radius 2 is 1.95 bits per heavy atom. The number of rotatable bonds is 3. The maximum atomic E-state index is 11.8. The number of benzene rings is 1. The van der Waals surface area contributed by atoms with E-state index < -0.39 is 5.91 Å². The van der Waals surface area contributed by atoms with Crippen LogP contribution < -0.4 is 5.43 Å². The van der Waals surface area contributed by atoms with Gasteiger partial charge in [-0.3, -0.25) is 4.79 Å². The van der Waals surface area contributed by atoms with E-state index in [1.807, 2.05) is 30.3 Å². The molecule has 0 aliphatic heterocycles. The van der Waals surface area contributed by atoms with Gasteiger partial charge in [-0.1, -0.05) is 18.2 Å². The predicted molar refractivity (Wildman–Crippen MR) is 82.3 cm³/mol. The number of nitrogens with zero attached hydrogens (tertiary/aromatic N) is 1. The van der Waals surface area contributed by atoms with Crippen LogP contribution in [-0.2, 0) is 0 Å². The average molecular weight is 347 g/mol. The van der Waals surface area contributed by atoms with Gasteiger partial charge in [0.05, 0.1) is 0 Å². The number of para-hydroxylation sites is 1. The van der Waals surface area contributed by atoms with Crippen molar-refractivity contribution in [2.45, 2.75) is 6.92 Å². The lowest BCUT2D eigenvalue weighted by Crippen LogP contribution is -2.18. The molecule has 0 unspecified atom stereocenters. The smallest absolute Gasteiger partial charge is 0.307 e. The summed E-state index contributed by atoms with van der Waals surface area (Å²) in [4.78, 5) is 11.8. The molecule has 1 aromatic carbocycles. The van der Waals surface area contributed by atoms with Gasteiger partial charge in [-0.25, -0.2) is 5.43 Å². The molecule has 2 heterocycles. The summed E-state index contributed by atoms with van der Waals surface area (Å²) in [5.74, 6) is 0.372. The minimum absolute atomic E-state index is 0.183. The Bertz CT molecular complexity index is 799. The Balaban J connectivity index is 1.78. The Kier molecular flexibility index (Phi) is 3.62. The molecule has 3 rings (SSSR count). The first-order valence-corrected chi connectivity index (χ1v) is 7.02. The third-order valence-electron chi connectivity index (χ3n) is 2.90. The molecule has 1 N–H and O–H groups in total. The zero-order valence-corrected chi connectivity index (χ0v) is 12.7. The number of nitrogens with one attached hydrogen (secondary N) is 1. The number of amides is 1. The summed E-state index contributed by atoms with van der Waals surface area (Å²) in [6, 6.07) is 12.8. The maximum absolute atomic E-state index is 11.8. The minimum atomic E-state index is -0.420. The molecule has 0 aliphatic carbocycles. The molecule has 0 saturated carbocycles. The van der Waals surface area contributed by atoms with Crippen LogP contribution in [-0.4, -0.2) is 11.6 Å². The summed E-state index contributed by atoms with van der Waals surface area (Å²) in [5, 5.41) is 5.01. The number of halogens is 1. The Morgan fingerprint density at radius 3 is 2.67 bits per heavy atom. The van der Waals surface area contributed by atoms with Crippen LogP contribution in [0.25, 0.3) is 11.0 Å². The van der Waals surface area contributed by atoms with E-state index >= 15 is 0 Å². The quantitative estimate of drug-likeness (QED) is 0.576. The summed E-state index contributed by atoms with van der Waals surface area (Å²) in [6.45, 7) is 1.76. The summed E-state index contributed by atoms with van der Waals surface area (Å²) < 4.78 is 11.3. The molecule has 0 spiro atoms. The topological polar surface area (TPSA) is 67.7 Å². The second-order valence-corrected chi connectivity index (χ2v) is 5.17. The Hall–Kier alpha value is -2.34. The lowest BCUT2D eigenvalue weighted by atomic mass is 10.2. The molecule has 6 heteroatoms. The Morgan fingerprint density at radius 1 is 1.14 bits per heavy atom. The van der Waals surface area contributed by atoms with Crippen molar-refractivity contribution in [3.8, 4) is 0 Å². The van der Waals surface area contributed by atoms with Gasteiger partial charge < -0.3 is 8.83 Å². The van der Waals surface area contributed by atoms with Crippen LogP contribution in [0.15, 0.2) is 61.1 Å². The molecule has 0 fully saturated rings. The van der Waals surface area contributed by atoms with Crippen LogP contribution in [0.5, 0.6) is 0 Å². The zero-order chi connectivity index (χ0) is 14.8. The van der Waals surface area contributed by atoms with Gasteiger partial charge in [0.15, 0.2) is 16.2 Å². The van der Waals surface area contributed by atoms with E-state index in [9.17, 15) is 4.79 Å². The highest BCUT2D eigenvalue weighted by Crippen LogP contribution is 2.19. The van der Waals surface area contributed by atoms with Gasteiger partial charge in [0.25, 0.3) is 0 Å². The lowest BCUT2D eigenvalue weighted by molar-refractivity contribution is 0.0926. The van der Waals surface area contributed by atoms with Gasteiger partial charge in [0.1, 0.15) is 11.3 Å². The summed E-state index contributed by atoms with van der Waals surface area (Å²) in [5.41, 5.74) is 3.78. The van der Waals surface area contributed by atoms with E-state index in [0.29, 0.717) is 16.1 Å². The van der Waals surface area contributed by atoms with Crippen LogP contribution in [0, 0.1) is 0 Å². The van der Waals surface area contributed by atoms with Gasteiger partial charge in [-0.15, -0.1) is 0 Å². The molecule has 0 radical (unpaired) electrons. The third-order valence-corrected chi connectivity index (χ3v) is 3.33. The van der Waals surface area contributed by atoms with E-state index in [2.05, 4.69) is 26.5 Å². The van der Waals surface area contributed by atoms with Crippen LogP contribution in [0.2, 0.25) is 0 Å². The van der Waals surface area contributed by atoms with Gasteiger partial charge in [0.2, 0.25) is 0 Å². The van der Waals surface area contributed by atoms with Crippen LogP contribution >= 0.6 is 15.9 Å². The molecule has 0 aliphatic rings. The van der Waals surface area contributed by atoms with Gasteiger partial charge >= 0.3 is 5.91 Å². The largest absolute Gasteiger partial charge is 0.455 e. The fourth-order valence-corrected chi connectivity index (χ4v) is 2.15. The van der Waals surface area contributed by atoms with E-state index in [-0.39, 0.29) is 5.76 Å². The molecular formula is C15H11BrN2O3. The molecule has 5 nitrogen and oxygen atoms in total. The van der Waals surface area contributed by atoms with E-state index in [4.69, 9.17) is 8.83 Å². The van der Waals surface area contributed by atoms with Gasteiger partial charge in [-0.2, -0.15) is 5.10 Å². The van der Waals surface area contributed by atoms with E-state index in [1.165, 1.54) is 0 Å². The number of fused-ring (bicyclic) bond motifs is 1. The lowest BCUT2D eigenvalue weighted by Gasteiger charge is -1.98. The highest BCUT2D eigenvalue weighted by Gasteiger charge is 2.11. The third kappa shape index (κ3) is 2.90. The first kappa shape index (κ1) is 13.6. The molecule has 1 amide bonds. The van der Waals surface area contributed by atoms with E-state index in [0.717, 1.165) is 11.0 Å². The maximum Gasteiger partial charge on any atom is 0.307 e. The summed E-state index contributed by atoms with van der Waals surface area (Å²) in [7, 11) is 0. The first-order chi connectivity index (χ1) is 10.1. The van der Waals surface area contributed by atoms with E-state index in [1.54, 1.807) is 19.1 Å². The summed E-state index contributed by atoms with van der Waals surface area (Å²) >= 11 is 3.14. The zero-order valence-electron chi connectivity index (χ0n) is 11.1. The second-order valence-electron chi connectivity index (χ2n) is 4.39. The molecular weight excluding hydrogens is 336 g/mol. The SMILES string of the molecule is C/C(=N\NC(=O)c1ccc(Br)o1)c1cc2ccccc2o1. The fraction of sp³-hybridized carbons (Fsp3) is 0.0667. The van der Waals surface area contributed by atoms with Crippen molar-refractivity contribution >= 4 is 38.5 Å².